The second-order valence-electron chi connectivity index (χ2n) is 6.66. The molecular weight excluding hydrogens is 302 g/mol. The summed E-state index contributed by atoms with van der Waals surface area (Å²) in [4.78, 5) is 22.0. The molecule has 0 bridgehead atoms. The van der Waals surface area contributed by atoms with Crippen LogP contribution in [-0.2, 0) is 4.74 Å². The number of carbonyl (C=O) groups is 1. The first-order valence-electron chi connectivity index (χ1n) is 8.77. The number of hydrogen-bond donors (Lipinski definition) is 0. The molecule has 2 aliphatic rings. The van der Waals surface area contributed by atoms with Crippen LogP contribution in [0.3, 0.4) is 0 Å². The Hall–Kier alpha value is -2.14. The maximum atomic E-state index is 13.2. The van der Waals surface area contributed by atoms with E-state index in [1.807, 2.05) is 30.0 Å². The molecule has 0 aliphatic carbocycles. The van der Waals surface area contributed by atoms with Gasteiger partial charge in [-0.05, 0) is 25.8 Å². The second kappa shape index (κ2) is 6.40. The molecular formula is C19H23N3O2. The Morgan fingerprint density at radius 2 is 2.00 bits per heavy atom. The lowest BCUT2D eigenvalue weighted by Crippen LogP contribution is -2.45. The maximum Gasteiger partial charge on any atom is 0.257 e. The number of fused-ring (bicyclic) bond motifs is 1. The fourth-order valence-electron chi connectivity index (χ4n) is 3.74. The van der Waals surface area contributed by atoms with Crippen LogP contribution in [-0.4, -0.2) is 54.7 Å². The van der Waals surface area contributed by atoms with Crippen molar-refractivity contribution >= 4 is 22.5 Å². The number of rotatable bonds is 2. The Morgan fingerprint density at radius 3 is 2.79 bits per heavy atom. The van der Waals surface area contributed by atoms with Crippen LogP contribution in [0.2, 0.25) is 0 Å². The fraction of sp³-hybridized carbons (Fsp3) is 0.474. The summed E-state index contributed by atoms with van der Waals surface area (Å²) in [6, 6.07) is 8.11. The third-order valence-electron chi connectivity index (χ3n) is 4.93. The highest BCUT2D eigenvalue weighted by molar-refractivity contribution is 6.07. The molecule has 1 amide bonds. The van der Waals surface area contributed by atoms with Gasteiger partial charge in [-0.15, -0.1) is 0 Å². The number of pyridine rings is 1. The van der Waals surface area contributed by atoms with Crippen molar-refractivity contribution < 1.29 is 9.53 Å². The standard InChI is InChI=1S/C19H23N3O2/c1-14-13-22(10-11-24-14)19(23)16-12-20-17-7-3-2-6-15(17)18(16)21-8-4-5-9-21/h2-3,6-7,12,14H,4-5,8-11,13H2,1H3/t14-/m1/s1. The summed E-state index contributed by atoms with van der Waals surface area (Å²) in [5.41, 5.74) is 2.73. The zero-order chi connectivity index (χ0) is 16.5. The van der Waals surface area contributed by atoms with E-state index in [0.717, 1.165) is 35.2 Å². The average Bonchev–Trinajstić information content (AvgIpc) is 3.14. The number of anilines is 1. The van der Waals surface area contributed by atoms with E-state index >= 15 is 0 Å². The van der Waals surface area contributed by atoms with Gasteiger partial charge >= 0.3 is 0 Å². The van der Waals surface area contributed by atoms with Crippen molar-refractivity contribution in [2.45, 2.75) is 25.9 Å². The minimum absolute atomic E-state index is 0.0744. The molecule has 5 nitrogen and oxygen atoms in total. The Bertz CT molecular complexity index is 755. The van der Waals surface area contributed by atoms with Crippen molar-refractivity contribution in [1.29, 1.82) is 0 Å². The molecule has 1 atom stereocenters. The Labute approximate surface area is 142 Å². The van der Waals surface area contributed by atoms with Crippen molar-refractivity contribution in [2.75, 3.05) is 37.7 Å². The first-order chi connectivity index (χ1) is 11.7. The molecule has 3 heterocycles. The van der Waals surface area contributed by atoms with Gasteiger partial charge in [0.1, 0.15) is 0 Å². The van der Waals surface area contributed by atoms with Crippen LogP contribution in [0.1, 0.15) is 30.1 Å². The number of hydrogen-bond acceptors (Lipinski definition) is 4. The number of ether oxygens (including phenoxy) is 1. The van der Waals surface area contributed by atoms with Crippen molar-refractivity contribution in [3.63, 3.8) is 0 Å². The lowest BCUT2D eigenvalue weighted by molar-refractivity contribution is -0.0124. The number of aromatic nitrogens is 1. The van der Waals surface area contributed by atoms with Crippen LogP contribution >= 0.6 is 0 Å². The molecule has 5 heteroatoms. The summed E-state index contributed by atoms with van der Waals surface area (Å²) in [7, 11) is 0. The minimum Gasteiger partial charge on any atom is -0.375 e. The van der Waals surface area contributed by atoms with E-state index in [2.05, 4.69) is 16.0 Å². The predicted octanol–water partition coefficient (Wildman–Crippen LogP) is 2.70. The average molecular weight is 325 g/mol. The first kappa shape index (κ1) is 15.4. The monoisotopic (exact) mass is 325 g/mol. The number of morpholine rings is 1. The highest BCUT2D eigenvalue weighted by Crippen LogP contribution is 2.33. The van der Waals surface area contributed by atoms with Crippen LogP contribution < -0.4 is 4.90 Å². The summed E-state index contributed by atoms with van der Waals surface area (Å²) >= 11 is 0. The summed E-state index contributed by atoms with van der Waals surface area (Å²) in [6.45, 7) is 5.93. The molecule has 2 fully saturated rings. The molecule has 2 saturated heterocycles. The van der Waals surface area contributed by atoms with E-state index in [4.69, 9.17) is 4.74 Å². The Kier molecular flexibility index (Phi) is 4.10. The van der Waals surface area contributed by atoms with E-state index in [1.54, 1.807) is 6.20 Å². The molecule has 0 N–H and O–H groups in total. The van der Waals surface area contributed by atoms with E-state index in [1.165, 1.54) is 12.8 Å². The zero-order valence-electron chi connectivity index (χ0n) is 14.1. The third-order valence-corrected chi connectivity index (χ3v) is 4.93. The largest absolute Gasteiger partial charge is 0.375 e. The van der Waals surface area contributed by atoms with Gasteiger partial charge in [0.25, 0.3) is 5.91 Å². The lowest BCUT2D eigenvalue weighted by Gasteiger charge is -2.32. The van der Waals surface area contributed by atoms with Gasteiger partial charge in [0.05, 0.1) is 29.5 Å². The van der Waals surface area contributed by atoms with E-state index in [0.29, 0.717) is 19.7 Å². The third kappa shape index (κ3) is 2.73. The number of nitrogens with zero attached hydrogens (tertiary/aromatic N) is 3. The lowest BCUT2D eigenvalue weighted by atomic mass is 10.1. The quantitative estimate of drug-likeness (QED) is 0.852. The van der Waals surface area contributed by atoms with Crippen molar-refractivity contribution in [2.24, 2.45) is 0 Å². The molecule has 1 aromatic carbocycles. The van der Waals surface area contributed by atoms with Gasteiger partial charge in [0, 0.05) is 37.8 Å². The highest BCUT2D eigenvalue weighted by Gasteiger charge is 2.28. The Morgan fingerprint density at radius 1 is 1.21 bits per heavy atom. The van der Waals surface area contributed by atoms with Crippen LogP contribution in [0.25, 0.3) is 10.9 Å². The van der Waals surface area contributed by atoms with Gasteiger partial charge in [-0.3, -0.25) is 9.78 Å². The van der Waals surface area contributed by atoms with Crippen LogP contribution in [0.4, 0.5) is 5.69 Å². The molecule has 0 spiro atoms. The molecule has 24 heavy (non-hydrogen) atoms. The van der Waals surface area contributed by atoms with Crippen molar-refractivity contribution in [3.8, 4) is 0 Å². The molecule has 1 aromatic heterocycles. The van der Waals surface area contributed by atoms with Gasteiger partial charge in [-0.1, -0.05) is 18.2 Å². The van der Waals surface area contributed by atoms with Crippen LogP contribution in [0, 0.1) is 0 Å². The van der Waals surface area contributed by atoms with Crippen LogP contribution in [0.5, 0.6) is 0 Å². The van der Waals surface area contributed by atoms with E-state index in [9.17, 15) is 4.79 Å². The van der Waals surface area contributed by atoms with E-state index in [-0.39, 0.29) is 12.0 Å². The Balaban J connectivity index is 1.79. The molecule has 4 rings (SSSR count). The molecule has 0 unspecified atom stereocenters. The van der Waals surface area contributed by atoms with Gasteiger partial charge in [-0.2, -0.15) is 0 Å². The van der Waals surface area contributed by atoms with Gasteiger partial charge in [-0.25, -0.2) is 0 Å². The summed E-state index contributed by atoms with van der Waals surface area (Å²) < 4.78 is 5.57. The second-order valence-corrected chi connectivity index (χ2v) is 6.66. The zero-order valence-corrected chi connectivity index (χ0v) is 14.1. The molecule has 2 aromatic rings. The minimum atomic E-state index is 0.0744. The highest BCUT2D eigenvalue weighted by atomic mass is 16.5. The van der Waals surface area contributed by atoms with Gasteiger partial charge in [0.15, 0.2) is 0 Å². The fourth-order valence-corrected chi connectivity index (χ4v) is 3.74. The maximum absolute atomic E-state index is 13.2. The number of benzene rings is 1. The smallest absolute Gasteiger partial charge is 0.257 e. The molecule has 2 aliphatic heterocycles. The first-order valence-corrected chi connectivity index (χ1v) is 8.77. The molecule has 126 valence electrons. The number of amides is 1. The summed E-state index contributed by atoms with van der Waals surface area (Å²) in [6.07, 6.45) is 4.21. The SMILES string of the molecule is C[C@@H]1CN(C(=O)c2cnc3ccccc3c2N2CCCC2)CCO1. The summed E-state index contributed by atoms with van der Waals surface area (Å²) in [5, 5.41) is 1.08. The van der Waals surface area contributed by atoms with E-state index < -0.39 is 0 Å². The van der Waals surface area contributed by atoms with Gasteiger partial charge in [0.2, 0.25) is 0 Å². The van der Waals surface area contributed by atoms with Crippen molar-refractivity contribution in [3.05, 3.63) is 36.0 Å². The predicted molar refractivity (Wildman–Crippen MR) is 94.5 cm³/mol. The molecule has 0 radical (unpaired) electrons. The molecule has 0 saturated carbocycles. The number of para-hydroxylation sites is 1. The summed E-state index contributed by atoms with van der Waals surface area (Å²) in [5.74, 6) is 0.0744. The van der Waals surface area contributed by atoms with Crippen LogP contribution in [0.15, 0.2) is 30.5 Å². The van der Waals surface area contributed by atoms with Crippen molar-refractivity contribution in [1.82, 2.24) is 9.88 Å². The van der Waals surface area contributed by atoms with Gasteiger partial charge < -0.3 is 14.5 Å². The number of carbonyl (C=O) groups excluding carboxylic acids is 1. The topological polar surface area (TPSA) is 45.7 Å². The normalized spacial score (nSPS) is 21.5.